The minimum atomic E-state index is -5.33. The third-order valence-corrected chi connectivity index (χ3v) is 18.0. The molecule has 22 nitrogen and oxygen atoms in total. The van der Waals surface area contributed by atoms with Gasteiger partial charge in [-0.25, -0.2) is 9.13 Å². The maximum atomic E-state index is 14.0. The highest BCUT2D eigenvalue weighted by Crippen LogP contribution is 2.43. The number of ketones is 1. The van der Waals surface area contributed by atoms with E-state index in [2.05, 4.69) is 49.7 Å². The number of unbranched alkanes of at least 4 members (excludes halogenated alkanes) is 30. The molecule has 2 fully saturated rings. The Morgan fingerprint density at radius 3 is 1.54 bits per heavy atom. The first kappa shape index (κ1) is 85.3. The number of hydrogen-bond donors (Lipinski definition) is 7. The maximum absolute atomic E-state index is 14.0. The van der Waals surface area contributed by atoms with Crippen LogP contribution in [-0.4, -0.2) is 162 Å². The van der Waals surface area contributed by atoms with Gasteiger partial charge in [0.15, 0.2) is 18.7 Å². The van der Waals surface area contributed by atoms with Gasteiger partial charge >= 0.3 is 21.6 Å². The second-order valence-electron chi connectivity index (χ2n) is 25.0. The van der Waals surface area contributed by atoms with Crippen LogP contribution in [0.2, 0.25) is 0 Å². The summed E-state index contributed by atoms with van der Waals surface area (Å²) < 4.78 is 84.1. The molecule has 0 spiro atoms. The van der Waals surface area contributed by atoms with Crippen LogP contribution in [0.5, 0.6) is 0 Å². The van der Waals surface area contributed by atoms with Crippen molar-refractivity contribution in [2.45, 2.75) is 352 Å². The van der Waals surface area contributed by atoms with Gasteiger partial charge in [0.2, 0.25) is 5.91 Å². The number of phosphoric ester groups is 2. The molecule has 0 aromatic rings. The number of carbonyl (C=O) groups excluding carboxylic acids is 3. The molecule has 536 valence electrons. The van der Waals surface area contributed by atoms with Crippen molar-refractivity contribution in [3.05, 3.63) is 12.2 Å². The normalized spacial score (nSPS) is 22.6. The van der Waals surface area contributed by atoms with E-state index in [0.29, 0.717) is 25.7 Å². The standard InChI is InChI=1S/C67H127NO21P2/c1-6-10-14-18-21-24-25-26-27-28-29-31-33-37-41-45-59(72)88-65-64(82-48-46-55(80-5)44-40-35-17-13-9-4)62(89-91(77,78)79)56(52-69)86-67(65)84-53-57-61(73)63(81-47-42-38-34-23-20-16-12-8-3)60(66(87-57)83-49-50-85-90(74,75)76)68-58(71)51-54(70)43-39-36-32-30-22-19-15-11-7-2/h24-25,55-57,60-67,69,73H,6-23,26-53H2,1-5H3,(H,68,71)(H2,74,75,76)(H2,77,78,79)/b25-24-/t55-,56-,57-,60-,61-,62-,63-,64+,65-,66+,67-/m1/s1. The number of hydrogen-bond acceptors (Lipinski definition) is 17. The summed E-state index contributed by atoms with van der Waals surface area (Å²) >= 11 is 0. The minimum absolute atomic E-state index is 0.0265. The van der Waals surface area contributed by atoms with Gasteiger partial charge in [0.05, 0.1) is 39.0 Å². The molecule has 24 heteroatoms. The van der Waals surface area contributed by atoms with Gasteiger partial charge in [-0.2, -0.15) is 0 Å². The van der Waals surface area contributed by atoms with E-state index in [1.54, 1.807) is 7.11 Å². The van der Waals surface area contributed by atoms with Crippen LogP contribution in [-0.2, 0) is 70.5 Å². The average molecular weight is 1340 g/mol. The quantitative estimate of drug-likeness (QED) is 0.00978. The Morgan fingerprint density at radius 1 is 0.505 bits per heavy atom. The van der Waals surface area contributed by atoms with E-state index in [1.165, 1.54) is 51.4 Å². The molecule has 2 aliphatic rings. The van der Waals surface area contributed by atoms with Gasteiger partial charge in [-0.15, -0.1) is 0 Å². The van der Waals surface area contributed by atoms with E-state index in [0.717, 1.165) is 161 Å². The predicted molar refractivity (Wildman–Crippen MR) is 351 cm³/mol. The third-order valence-electron chi connectivity index (χ3n) is 16.9. The van der Waals surface area contributed by atoms with E-state index in [9.17, 15) is 53.3 Å². The number of phosphoric acid groups is 2. The van der Waals surface area contributed by atoms with Crippen molar-refractivity contribution >= 4 is 33.3 Å². The molecule has 0 bridgehead atoms. The van der Waals surface area contributed by atoms with Crippen LogP contribution in [0.25, 0.3) is 0 Å². The molecular formula is C67H127NO21P2. The first-order valence-electron chi connectivity index (χ1n) is 35.6. The van der Waals surface area contributed by atoms with Crippen molar-refractivity contribution in [1.29, 1.82) is 0 Å². The van der Waals surface area contributed by atoms with Crippen LogP contribution in [0.4, 0.5) is 0 Å². The maximum Gasteiger partial charge on any atom is 0.470 e. The lowest BCUT2D eigenvalue weighted by molar-refractivity contribution is -0.326. The highest BCUT2D eigenvalue weighted by molar-refractivity contribution is 7.46. The molecule has 7 N–H and O–H groups in total. The van der Waals surface area contributed by atoms with Crippen molar-refractivity contribution in [3.63, 3.8) is 0 Å². The number of aliphatic hydroxyl groups excluding tert-OH is 2. The van der Waals surface area contributed by atoms with Gasteiger partial charge in [-0.3, -0.25) is 23.4 Å². The number of Topliss-reactive ketones (excluding diaryl/α,β-unsaturated/α-hetero) is 1. The number of allylic oxidation sites excluding steroid dienone is 2. The molecule has 0 saturated carbocycles. The zero-order valence-corrected chi connectivity index (χ0v) is 58.5. The Labute approximate surface area is 547 Å². The molecule has 2 saturated heterocycles. The number of methoxy groups -OCH3 is 1. The fourth-order valence-corrected chi connectivity index (χ4v) is 12.5. The highest BCUT2D eigenvalue weighted by atomic mass is 31.2. The smallest absolute Gasteiger partial charge is 0.454 e. The number of esters is 1. The molecule has 0 aliphatic carbocycles. The van der Waals surface area contributed by atoms with Crippen molar-refractivity contribution in [2.75, 3.05) is 46.8 Å². The van der Waals surface area contributed by atoms with Crippen molar-refractivity contribution in [2.24, 2.45) is 0 Å². The SMILES string of the molecule is CCCCCC/C=C\CCCCCCCCCC(=O)O[C@H]1[C@H](OC[C@H]2O[C@H](OCCOP(=O)(O)O)[C@H](NC(=O)CC(=O)CCCCCCCCCCC)[C@@H](OCCCCCCCCCC)[C@@H]2O)O[C@H](CO)[C@@H](OP(=O)(O)O)[C@@H]1OCC[C@@H](CCCCCCC)OC. The zero-order valence-electron chi connectivity index (χ0n) is 56.7. The molecule has 91 heavy (non-hydrogen) atoms. The van der Waals surface area contributed by atoms with Crippen molar-refractivity contribution in [3.8, 4) is 0 Å². The highest BCUT2D eigenvalue weighted by Gasteiger charge is 2.53. The van der Waals surface area contributed by atoms with Crippen molar-refractivity contribution in [1.82, 2.24) is 5.32 Å². The second-order valence-corrected chi connectivity index (χ2v) is 27.4. The number of carbonyl (C=O) groups is 3. The summed E-state index contributed by atoms with van der Waals surface area (Å²) in [6.45, 7) is 6.25. The third kappa shape index (κ3) is 42.5. The minimum Gasteiger partial charge on any atom is -0.454 e. The second kappa shape index (κ2) is 54.2. The van der Waals surface area contributed by atoms with Crippen LogP contribution in [0.15, 0.2) is 12.2 Å². The van der Waals surface area contributed by atoms with Gasteiger partial charge < -0.3 is 73.0 Å². The van der Waals surface area contributed by atoms with Gasteiger partial charge in [-0.1, -0.05) is 220 Å². The molecular weight excluding hydrogens is 1220 g/mol. The lowest BCUT2D eigenvalue weighted by Crippen LogP contribution is -2.66. The van der Waals surface area contributed by atoms with Gasteiger partial charge in [-0.05, 0) is 57.8 Å². The average Bonchev–Trinajstić information content (AvgIpc) is 0.826. The summed E-state index contributed by atoms with van der Waals surface area (Å²) in [5, 5.41) is 25.9. The number of nitrogens with one attached hydrogen (secondary N) is 1. The largest absolute Gasteiger partial charge is 0.470 e. The molecule has 1 amide bonds. The molecule has 0 aromatic heterocycles. The van der Waals surface area contributed by atoms with Crippen LogP contribution >= 0.6 is 15.6 Å². The fourth-order valence-electron chi connectivity index (χ4n) is 11.7. The van der Waals surface area contributed by atoms with E-state index in [1.807, 2.05) is 0 Å². The summed E-state index contributed by atoms with van der Waals surface area (Å²) in [4.78, 5) is 80.5. The van der Waals surface area contributed by atoms with E-state index < -0.39 is 122 Å². The first-order valence-corrected chi connectivity index (χ1v) is 38.7. The molecule has 0 aromatic carbocycles. The van der Waals surface area contributed by atoms with Gasteiger partial charge in [0, 0.05) is 33.2 Å². The summed E-state index contributed by atoms with van der Waals surface area (Å²) in [7, 11) is -8.69. The number of ether oxygens (including phenoxy) is 8. The fraction of sp³-hybridized carbons (Fsp3) is 0.925. The molecule has 2 heterocycles. The van der Waals surface area contributed by atoms with Gasteiger partial charge in [0.1, 0.15) is 48.4 Å². The summed E-state index contributed by atoms with van der Waals surface area (Å²) in [5.74, 6) is -1.65. The Hall–Kier alpha value is -1.79. The predicted octanol–water partition coefficient (Wildman–Crippen LogP) is 13.4. The molecule has 0 unspecified atom stereocenters. The Kier molecular flexibility index (Phi) is 50.8. The Balaban J connectivity index is 2.47. The Bertz CT molecular complexity index is 1930. The molecule has 11 atom stereocenters. The van der Waals surface area contributed by atoms with Crippen LogP contribution in [0, 0.1) is 0 Å². The summed E-state index contributed by atoms with van der Waals surface area (Å²) in [5.41, 5.74) is 0. The van der Waals surface area contributed by atoms with Crippen molar-refractivity contribution < 1.29 is 100 Å². The zero-order chi connectivity index (χ0) is 66.8. The number of aliphatic hydroxyl groups is 2. The number of rotatable bonds is 61. The van der Waals surface area contributed by atoms with E-state index >= 15 is 0 Å². The van der Waals surface area contributed by atoms with Crippen LogP contribution in [0.3, 0.4) is 0 Å². The summed E-state index contributed by atoms with van der Waals surface area (Å²) in [6.07, 6.45) is 27.6. The van der Waals surface area contributed by atoms with Gasteiger partial charge in [0.25, 0.3) is 0 Å². The molecule has 2 aliphatic heterocycles. The molecule has 0 radical (unpaired) electrons. The monoisotopic (exact) mass is 1340 g/mol. The summed E-state index contributed by atoms with van der Waals surface area (Å²) in [6, 6.07) is -1.28. The van der Waals surface area contributed by atoms with E-state index in [-0.39, 0.29) is 37.9 Å². The first-order chi connectivity index (χ1) is 43.9. The lowest BCUT2D eigenvalue weighted by Gasteiger charge is -2.47. The lowest BCUT2D eigenvalue weighted by atomic mass is 9.95. The van der Waals surface area contributed by atoms with Crippen LogP contribution in [0.1, 0.15) is 285 Å². The molecule has 2 rings (SSSR count). The topological polar surface area (TPSA) is 311 Å². The van der Waals surface area contributed by atoms with Crippen LogP contribution < -0.4 is 5.32 Å². The number of amides is 1. The Morgan fingerprint density at radius 2 is 1.00 bits per heavy atom. The van der Waals surface area contributed by atoms with E-state index in [4.69, 9.17) is 42.4 Å².